The Morgan fingerprint density at radius 1 is 1.17 bits per heavy atom. The molecule has 0 aliphatic carbocycles. The van der Waals surface area contributed by atoms with Gasteiger partial charge in [-0.3, -0.25) is 0 Å². The average Bonchev–Trinajstić information content (AvgIpc) is 2.99. The summed E-state index contributed by atoms with van der Waals surface area (Å²) >= 11 is 0. The van der Waals surface area contributed by atoms with Crippen molar-refractivity contribution in [3.8, 4) is 0 Å². The first-order valence-electron chi connectivity index (χ1n) is 7.49. The first kappa shape index (κ1) is 15.7. The molecule has 1 atom stereocenters. The van der Waals surface area contributed by atoms with Gasteiger partial charge in [0, 0.05) is 25.1 Å². The third-order valence-corrected chi connectivity index (χ3v) is 3.61. The zero-order valence-electron chi connectivity index (χ0n) is 13.1. The SMILES string of the molecule is Cn1ccnc1C(NC(=O)Nc1ccccc1)c1cccc(F)c1. The highest BCUT2D eigenvalue weighted by Gasteiger charge is 2.21. The second-order valence-corrected chi connectivity index (χ2v) is 5.35. The fourth-order valence-electron chi connectivity index (χ4n) is 2.46. The van der Waals surface area contributed by atoms with E-state index in [0.29, 0.717) is 17.1 Å². The van der Waals surface area contributed by atoms with Crippen molar-refractivity contribution >= 4 is 11.7 Å². The molecule has 3 aromatic rings. The Hall–Kier alpha value is -3.15. The molecule has 3 rings (SSSR count). The fraction of sp³-hybridized carbons (Fsp3) is 0.111. The van der Waals surface area contributed by atoms with Crippen LogP contribution in [0.2, 0.25) is 0 Å². The maximum atomic E-state index is 13.6. The standard InChI is InChI=1S/C18H17FN4O/c1-23-11-10-20-17(23)16(13-6-5-7-14(19)12-13)22-18(24)21-15-8-3-2-4-9-15/h2-12,16H,1H3,(H2,21,22,24). The number of anilines is 1. The number of hydrogen-bond donors (Lipinski definition) is 2. The fourth-order valence-corrected chi connectivity index (χ4v) is 2.46. The van der Waals surface area contributed by atoms with E-state index in [1.807, 2.05) is 25.2 Å². The van der Waals surface area contributed by atoms with Crippen molar-refractivity contribution < 1.29 is 9.18 Å². The molecule has 1 aromatic heterocycles. The van der Waals surface area contributed by atoms with Gasteiger partial charge >= 0.3 is 6.03 Å². The normalized spacial score (nSPS) is 11.8. The van der Waals surface area contributed by atoms with Crippen LogP contribution in [-0.2, 0) is 7.05 Å². The summed E-state index contributed by atoms with van der Waals surface area (Å²) in [4.78, 5) is 16.6. The third kappa shape index (κ3) is 3.60. The first-order valence-corrected chi connectivity index (χ1v) is 7.49. The van der Waals surface area contributed by atoms with Crippen molar-refractivity contribution in [3.05, 3.63) is 84.2 Å². The molecule has 2 aromatic carbocycles. The van der Waals surface area contributed by atoms with Crippen LogP contribution in [-0.4, -0.2) is 15.6 Å². The van der Waals surface area contributed by atoms with E-state index < -0.39 is 12.1 Å². The number of carbonyl (C=O) groups is 1. The lowest BCUT2D eigenvalue weighted by Gasteiger charge is -2.19. The van der Waals surface area contributed by atoms with Gasteiger partial charge in [-0.15, -0.1) is 0 Å². The highest BCUT2D eigenvalue weighted by molar-refractivity contribution is 5.89. The molecule has 24 heavy (non-hydrogen) atoms. The Kier molecular flexibility index (Phi) is 4.56. The van der Waals surface area contributed by atoms with Gasteiger partial charge in [0.25, 0.3) is 0 Å². The van der Waals surface area contributed by atoms with Gasteiger partial charge in [-0.05, 0) is 29.8 Å². The minimum atomic E-state index is -0.565. The molecule has 0 aliphatic heterocycles. The molecule has 0 aliphatic rings. The van der Waals surface area contributed by atoms with Gasteiger partial charge in [0.1, 0.15) is 17.7 Å². The quantitative estimate of drug-likeness (QED) is 0.772. The molecule has 0 saturated carbocycles. The number of nitrogens with one attached hydrogen (secondary N) is 2. The smallest absolute Gasteiger partial charge is 0.320 e. The zero-order chi connectivity index (χ0) is 16.9. The van der Waals surface area contributed by atoms with Gasteiger partial charge in [0.05, 0.1) is 0 Å². The largest absolute Gasteiger partial charge is 0.336 e. The second-order valence-electron chi connectivity index (χ2n) is 5.35. The van der Waals surface area contributed by atoms with E-state index in [1.54, 1.807) is 41.2 Å². The summed E-state index contributed by atoms with van der Waals surface area (Å²) in [5, 5.41) is 5.61. The van der Waals surface area contributed by atoms with Crippen LogP contribution in [0, 0.1) is 5.82 Å². The summed E-state index contributed by atoms with van der Waals surface area (Å²) in [5.41, 5.74) is 1.29. The van der Waals surface area contributed by atoms with Gasteiger partial charge < -0.3 is 15.2 Å². The average molecular weight is 324 g/mol. The van der Waals surface area contributed by atoms with Gasteiger partial charge in [-0.25, -0.2) is 14.2 Å². The summed E-state index contributed by atoms with van der Waals surface area (Å²) in [7, 11) is 1.82. The maximum Gasteiger partial charge on any atom is 0.320 e. The van der Waals surface area contributed by atoms with Crippen LogP contribution in [0.5, 0.6) is 0 Å². The molecule has 0 spiro atoms. The van der Waals surface area contributed by atoms with E-state index in [0.717, 1.165) is 0 Å². The van der Waals surface area contributed by atoms with Gasteiger partial charge in [-0.2, -0.15) is 0 Å². The first-order chi connectivity index (χ1) is 11.6. The lowest BCUT2D eigenvalue weighted by Crippen LogP contribution is -2.34. The van der Waals surface area contributed by atoms with E-state index in [4.69, 9.17) is 0 Å². The molecular formula is C18H17FN4O. The van der Waals surface area contributed by atoms with Gasteiger partial charge in [0.2, 0.25) is 0 Å². The molecule has 122 valence electrons. The third-order valence-electron chi connectivity index (χ3n) is 3.61. The van der Waals surface area contributed by atoms with Crippen molar-refractivity contribution in [2.24, 2.45) is 7.05 Å². The number of rotatable bonds is 4. The predicted octanol–water partition coefficient (Wildman–Crippen LogP) is 3.47. The van der Waals surface area contributed by atoms with Crippen molar-refractivity contribution in [2.45, 2.75) is 6.04 Å². The molecular weight excluding hydrogens is 307 g/mol. The van der Waals surface area contributed by atoms with Crippen LogP contribution in [0.1, 0.15) is 17.4 Å². The van der Waals surface area contributed by atoms with E-state index in [9.17, 15) is 9.18 Å². The minimum Gasteiger partial charge on any atom is -0.336 e. The Labute approximate surface area is 139 Å². The summed E-state index contributed by atoms with van der Waals surface area (Å²) in [6.07, 6.45) is 3.41. The predicted molar refractivity (Wildman–Crippen MR) is 90.0 cm³/mol. The number of para-hydroxylation sites is 1. The number of urea groups is 1. The molecule has 2 N–H and O–H groups in total. The van der Waals surface area contributed by atoms with Crippen LogP contribution in [0.3, 0.4) is 0 Å². The van der Waals surface area contributed by atoms with E-state index in [-0.39, 0.29) is 5.82 Å². The number of hydrogen-bond acceptors (Lipinski definition) is 2. The van der Waals surface area contributed by atoms with E-state index >= 15 is 0 Å². The molecule has 2 amide bonds. The molecule has 1 unspecified atom stereocenters. The topological polar surface area (TPSA) is 59.0 Å². The number of nitrogens with zero attached hydrogens (tertiary/aromatic N) is 2. The van der Waals surface area contributed by atoms with Gasteiger partial charge in [-0.1, -0.05) is 30.3 Å². The van der Waals surface area contributed by atoms with Crippen molar-refractivity contribution in [3.63, 3.8) is 0 Å². The van der Waals surface area contributed by atoms with Crippen LogP contribution in [0.4, 0.5) is 14.9 Å². The van der Waals surface area contributed by atoms with Crippen LogP contribution in [0.15, 0.2) is 67.0 Å². The van der Waals surface area contributed by atoms with Crippen LogP contribution < -0.4 is 10.6 Å². The summed E-state index contributed by atoms with van der Waals surface area (Å²) in [6, 6.07) is 14.3. The van der Waals surface area contributed by atoms with E-state index in [1.165, 1.54) is 12.1 Å². The van der Waals surface area contributed by atoms with Gasteiger partial charge in [0.15, 0.2) is 0 Å². The molecule has 5 nitrogen and oxygen atoms in total. The Balaban J connectivity index is 1.85. The molecule has 0 bridgehead atoms. The monoisotopic (exact) mass is 324 g/mol. The molecule has 6 heteroatoms. The molecule has 0 fully saturated rings. The highest BCUT2D eigenvalue weighted by Crippen LogP contribution is 2.21. The Morgan fingerprint density at radius 2 is 1.96 bits per heavy atom. The number of aryl methyl sites for hydroxylation is 1. The maximum absolute atomic E-state index is 13.6. The van der Waals surface area contributed by atoms with Crippen LogP contribution >= 0.6 is 0 Å². The number of carbonyl (C=O) groups excluding carboxylic acids is 1. The Bertz CT molecular complexity index is 832. The summed E-state index contributed by atoms with van der Waals surface area (Å²) in [5.74, 6) is 0.251. The molecule has 1 heterocycles. The van der Waals surface area contributed by atoms with E-state index in [2.05, 4.69) is 15.6 Å². The molecule has 0 radical (unpaired) electrons. The summed E-state index contributed by atoms with van der Waals surface area (Å²) in [6.45, 7) is 0. The lowest BCUT2D eigenvalue weighted by atomic mass is 10.1. The number of amides is 2. The van der Waals surface area contributed by atoms with Crippen molar-refractivity contribution in [1.29, 1.82) is 0 Å². The van der Waals surface area contributed by atoms with Crippen molar-refractivity contribution in [1.82, 2.24) is 14.9 Å². The second kappa shape index (κ2) is 6.95. The molecule has 0 saturated heterocycles. The number of aromatic nitrogens is 2. The van der Waals surface area contributed by atoms with Crippen LogP contribution in [0.25, 0.3) is 0 Å². The minimum absolute atomic E-state index is 0.364. The summed E-state index contributed by atoms with van der Waals surface area (Å²) < 4.78 is 15.4. The highest BCUT2D eigenvalue weighted by atomic mass is 19.1. The lowest BCUT2D eigenvalue weighted by molar-refractivity contribution is 0.249. The Morgan fingerprint density at radius 3 is 2.62 bits per heavy atom. The van der Waals surface area contributed by atoms with Crippen molar-refractivity contribution in [2.75, 3.05) is 5.32 Å². The number of imidazole rings is 1. The zero-order valence-corrected chi connectivity index (χ0v) is 13.1. The number of halogens is 1. The number of benzene rings is 2.